The molecule has 1 aliphatic heterocycles. The fraction of sp³-hybridized carbons (Fsp3) is 0.333. The van der Waals surface area contributed by atoms with Gasteiger partial charge in [-0.05, 0) is 24.5 Å². The largest absolute Gasteiger partial charge is 0.465 e. The molecule has 8 nitrogen and oxygen atoms in total. The van der Waals surface area contributed by atoms with Gasteiger partial charge in [0, 0.05) is 24.7 Å². The second-order valence-electron chi connectivity index (χ2n) is 6.67. The van der Waals surface area contributed by atoms with Gasteiger partial charge in [-0.1, -0.05) is 13.0 Å². The molecule has 4 N–H and O–H groups in total. The number of hydrogen-bond acceptors (Lipinski definition) is 6. The number of anilines is 2. The van der Waals surface area contributed by atoms with Gasteiger partial charge in [-0.15, -0.1) is 0 Å². The number of nitrogens with one attached hydrogen (secondary N) is 1. The third-order valence-corrected chi connectivity index (χ3v) is 4.43. The lowest BCUT2D eigenvalue weighted by atomic mass is 9.96. The van der Waals surface area contributed by atoms with E-state index < -0.39 is 11.9 Å². The number of nitriles is 1. The summed E-state index contributed by atoms with van der Waals surface area (Å²) in [6.45, 7) is 3.17. The maximum atomic E-state index is 13.9. The summed E-state index contributed by atoms with van der Waals surface area (Å²) in [6, 6.07) is 7.46. The molecule has 1 amide bonds. The summed E-state index contributed by atoms with van der Waals surface area (Å²) < 4.78 is 13.9. The minimum absolute atomic E-state index is 0.0354. The van der Waals surface area contributed by atoms with Crippen LogP contribution in [0, 0.1) is 23.1 Å². The van der Waals surface area contributed by atoms with Gasteiger partial charge >= 0.3 is 6.09 Å². The van der Waals surface area contributed by atoms with E-state index in [4.69, 9.17) is 16.1 Å². The van der Waals surface area contributed by atoms with E-state index in [1.165, 1.54) is 12.1 Å². The fourth-order valence-corrected chi connectivity index (χ4v) is 3.35. The average molecular weight is 370 g/mol. The van der Waals surface area contributed by atoms with E-state index in [9.17, 15) is 9.18 Å². The molecule has 3 rings (SSSR count). The fourth-order valence-electron chi connectivity index (χ4n) is 3.35. The van der Waals surface area contributed by atoms with Crippen molar-refractivity contribution >= 4 is 17.9 Å². The van der Waals surface area contributed by atoms with Gasteiger partial charge in [0.1, 0.15) is 17.7 Å². The number of nitrogens with zero attached hydrogens (tertiary/aromatic N) is 4. The number of halogens is 1. The second-order valence-corrected chi connectivity index (χ2v) is 6.67. The molecule has 0 bridgehead atoms. The molecule has 9 heteroatoms. The quantitative estimate of drug-likeness (QED) is 0.755. The van der Waals surface area contributed by atoms with Gasteiger partial charge in [0.25, 0.3) is 0 Å². The Kier molecular flexibility index (Phi) is 5.07. The third-order valence-electron chi connectivity index (χ3n) is 4.43. The van der Waals surface area contributed by atoms with Crippen molar-refractivity contribution in [3.8, 4) is 17.3 Å². The number of amides is 1. The highest BCUT2D eigenvalue weighted by Crippen LogP contribution is 2.27. The molecule has 1 aliphatic rings. The van der Waals surface area contributed by atoms with Crippen LogP contribution in [0.25, 0.3) is 11.3 Å². The Hall–Kier alpha value is -3.41. The lowest BCUT2D eigenvalue weighted by Crippen LogP contribution is -2.50. The van der Waals surface area contributed by atoms with Crippen LogP contribution in [0.4, 0.5) is 21.0 Å². The van der Waals surface area contributed by atoms with Crippen LogP contribution in [-0.2, 0) is 0 Å². The van der Waals surface area contributed by atoms with Gasteiger partial charge in [-0.25, -0.2) is 14.2 Å². The Morgan fingerprint density at radius 2 is 2.19 bits per heavy atom. The first-order valence-electron chi connectivity index (χ1n) is 8.44. The minimum Gasteiger partial charge on any atom is -0.465 e. The molecule has 27 heavy (non-hydrogen) atoms. The SMILES string of the molecule is C[C@@H]1C[C@@H](NC(=O)O)CN(c2cc(-c3ccc(C#N)c(F)c3)nc(N)n2)C1. The molecule has 0 spiro atoms. The lowest BCUT2D eigenvalue weighted by Gasteiger charge is -2.37. The van der Waals surface area contributed by atoms with E-state index in [-0.39, 0.29) is 23.5 Å². The van der Waals surface area contributed by atoms with Gasteiger partial charge in [0.2, 0.25) is 5.95 Å². The van der Waals surface area contributed by atoms with Crippen molar-refractivity contribution in [2.75, 3.05) is 23.7 Å². The van der Waals surface area contributed by atoms with Crippen LogP contribution < -0.4 is 16.0 Å². The van der Waals surface area contributed by atoms with Crippen LogP contribution >= 0.6 is 0 Å². The smallest absolute Gasteiger partial charge is 0.404 e. The predicted octanol–water partition coefficient (Wildman–Crippen LogP) is 2.22. The summed E-state index contributed by atoms with van der Waals surface area (Å²) in [5.74, 6) is 0.202. The molecule has 1 fully saturated rings. The van der Waals surface area contributed by atoms with Gasteiger partial charge in [-0.3, -0.25) is 0 Å². The molecule has 2 aromatic rings. The Morgan fingerprint density at radius 1 is 1.41 bits per heavy atom. The van der Waals surface area contributed by atoms with Crippen molar-refractivity contribution in [3.63, 3.8) is 0 Å². The molecule has 0 unspecified atom stereocenters. The summed E-state index contributed by atoms with van der Waals surface area (Å²) in [6.07, 6.45) is -0.332. The lowest BCUT2D eigenvalue weighted by molar-refractivity contribution is 0.186. The van der Waals surface area contributed by atoms with E-state index in [0.717, 1.165) is 6.42 Å². The summed E-state index contributed by atoms with van der Waals surface area (Å²) in [7, 11) is 0. The monoisotopic (exact) mass is 370 g/mol. The Morgan fingerprint density at radius 3 is 2.85 bits per heavy atom. The van der Waals surface area contributed by atoms with E-state index >= 15 is 0 Å². The van der Waals surface area contributed by atoms with Crippen molar-refractivity contribution in [3.05, 3.63) is 35.6 Å². The summed E-state index contributed by atoms with van der Waals surface area (Å²) in [4.78, 5) is 21.3. The number of nitrogen functional groups attached to an aromatic ring is 1. The molecule has 2 atom stereocenters. The number of benzene rings is 1. The van der Waals surface area contributed by atoms with Gasteiger partial charge < -0.3 is 21.1 Å². The zero-order valence-corrected chi connectivity index (χ0v) is 14.7. The number of hydrogen-bond donors (Lipinski definition) is 3. The maximum absolute atomic E-state index is 13.9. The predicted molar refractivity (Wildman–Crippen MR) is 97.5 cm³/mol. The van der Waals surface area contributed by atoms with Crippen LogP contribution in [0.2, 0.25) is 0 Å². The van der Waals surface area contributed by atoms with Gasteiger partial charge in [-0.2, -0.15) is 10.2 Å². The maximum Gasteiger partial charge on any atom is 0.404 e. The average Bonchev–Trinajstić information content (AvgIpc) is 2.60. The highest BCUT2D eigenvalue weighted by molar-refractivity contribution is 5.66. The summed E-state index contributed by atoms with van der Waals surface area (Å²) in [5, 5.41) is 20.4. The number of piperidine rings is 1. The zero-order valence-electron chi connectivity index (χ0n) is 14.7. The van der Waals surface area contributed by atoms with Crippen LogP contribution in [-0.4, -0.2) is 40.3 Å². The first kappa shape index (κ1) is 18.4. The molecule has 2 heterocycles. The molecule has 1 aromatic heterocycles. The van der Waals surface area contributed by atoms with Crippen LogP contribution in [0.3, 0.4) is 0 Å². The second kappa shape index (κ2) is 7.45. The summed E-state index contributed by atoms with van der Waals surface area (Å²) >= 11 is 0. The van der Waals surface area contributed by atoms with Crippen molar-refractivity contribution in [1.82, 2.24) is 15.3 Å². The molecule has 1 aromatic carbocycles. The highest BCUT2D eigenvalue weighted by Gasteiger charge is 2.27. The molecule has 0 aliphatic carbocycles. The number of aromatic nitrogens is 2. The first-order chi connectivity index (χ1) is 12.9. The Balaban J connectivity index is 1.92. The molecular formula is C18H19FN6O2. The van der Waals surface area contributed by atoms with E-state index in [1.807, 2.05) is 11.8 Å². The third kappa shape index (κ3) is 4.23. The number of rotatable bonds is 3. The molecule has 1 saturated heterocycles. The molecule has 0 saturated carbocycles. The topological polar surface area (TPSA) is 128 Å². The Labute approximate surface area is 155 Å². The minimum atomic E-state index is -1.06. The zero-order chi connectivity index (χ0) is 19.6. The van der Waals surface area contributed by atoms with Crippen molar-refractivity contribution < 1.29 is 14.3 Å². The van der Waals surface area contributed by atoms with Crippen LogP contribution in [0.15, 0.2) is 24.3 Å². The van der Waals surface area contributed by atoms with E-state index in [1.54, 1.807) is 18.2 Å². The van der Waals surface area contributed by atoms with Gasteiger partial charge in [0.15, 0.2) is 0 Å². The van der Waals surface area contributed by atoms with Crippen molar-refractivity contribution in [1.29, 1.82) is 5.26 Å². The van der Waals surface area contributed by atoms with Crippen molar-refractivity contribution in [2.45, 2.75) is 19.4 Å². The number of nitrogens with two attached hydrogens (primary N) is 1. The molecule has 0 radical (unpaired) electrons. The number of carboxylic acid groups (broad SMARTS) is 1. The van der Waals surface area contributed by atoms with Crippen LogP contribution in [0.1, 0.15) is 18.9 Å². The normalized spacial score (nSPS) is 19.4. The first-order valence-corrected chi connectivity index (χ1v) is 8.44. The van der Waals surface area contributed by atoms with Crippen LogP contribution in [0.5, 0.6) is 0 Å². The molecule has 140 valence electrons. The standard InChI is InChI=1S/C18H19FN6O2/c1-10-4-13(22-18(26)27)9-25(8-10)16-6-15(23-17(21)24-16)11-2-3-12(7-20)14(19)5-11/h2-3,5-6,10,13,22H,4,8-9H2,1H3,(H,26,27)(H2,21,23,24)/t10-,13-/m1/s1. The number of carbonyl (C=O) groups is 1. The van der Waals surface area contributed by atoms with Gasteiger partial charge in [0.05, 0.1) is 17.3 Å². The van der Waals surface area contributed by atoms with E-state index in [2.05, 4.69) is 15.3 Å². The molecular weight excluding hydrogens is 351 g/mol. The highest BCUT2D eigenvalue weighted by atomic mass is 19.1. The van der Waals surface area contributed by atoms with Crippen molar-refractivity contribution in [2.24, 2.45) is 5.92 Å². The van der Waals surface area contributed by atoms with E-state index in [0.29, 0.717) is 30.2 Å². The Bertz CT molecular complexity index is 913. The summed E-state index contributed by atoms with van der Waals surface area (Å²) in [5.41, 5.74) is 6.71.